The van der Waals surface area contributed by atoms with Gasteiger partial charge in [0.25, 0.3) is 0 Å². The number of hydrogen-bond acceptors (Lipinski definition) is 4. The molecule has 0 aliphatic heterocycles. The van der Waals surface area contributed by atoms with E-state index < -0.39 is 0 Å². The van der Waals surface area contributed by atoms with Crippen molar-refractivity contribution in [1.29, 1.82) is 0 Å². The molecule has 82 valence electrons. The van der Waals surface area contributed by atoms with Crippen molar-refractivity contribution in [3.63, 3.8) is 0 Å². The highest BCUT2D eigenvalue weighted by molar-refractivity contribution is 7.79. The number of rotatable bonds is 3. The molecule has 0 saturated carbocycles. The van der Waals surface area contributed by atoms with Crippen LogP contribution in [0.1, 0.15) is 23.0 Å². The van der Waals surface area contributed by atoms with Crippen molar-refractivity contribution in [2.45, 2.75) is 19.1 Å². The maximum Gasteiger partial charge on any atom is 0.230 e. The Morgan fingerprint density at radius 1 is 1.60 bits per heavy atom. The van der Waals surface area contributed by atoms with Crippen LogP contribution in [0.2, 0.25) is 0 Å². The standard InChI is InChI=1S/C10H13NO3S/c1-3-4-7-9(13)8(5-15)11(6(2)12)10(7)14/h3,13-15H,1,4-5H2,2H3. The van der Waals surface area contributed by atoms with E-state index in [9.17, 15) is 15.0 Å². The number of hydrogen-bond donors (Lipinski definition) is 3. The molecular formula is C10H13NO3S. The number of nitrogens with zero attached hydrogens (tertiary/aromatic N) is 1. The molecule has 0 radical (unpaired) electrons. The molecule has 1 heterocycles. The van der Waals surface area contributed by atoms with Gasteiger partial charge in [-0.2, -0.15) is 12.6 Å². The fourth-order valence-electron chi connectivity index (χ4n) is 1.47. The maximum atomic E-state index is 11.2. The minimum absolute atomic E-state index is 0.0856. The fraction of sp³-hybridized carbons (Fsp3) is 0.300. The van der Waals surface area contributed by atoms with Gasteiger partial charge in [-0.05, 0) is 6.42 Å². The van der Waals surface area contributed by atoms with Crippen molar-refractivity contribution in [2.75, 3.05) is 0 Å². The third-order valence-corrected chi connectivity index (χ3v) is 2.42. The van der Waals surface area contributed by atoms with Gasteiger partial charge in [0.2, 0.25) is 11.8 Å². The van der Waals surface area contributed by atoms with Crippen molar-refractivity contribution in [1.82, 2.24) is 4.57 Å². The molecule has 1 aromatic heterocycles. The minimum atomic E-state index is -0.359. The summed E-state index contributed by atoms with van der Waals surface area (Å²) < 4.78 is 1.06. The van der Waals surface area contributed by atoms with E-state index in [1.54, 1.807) is 6.08 Å². The molecule has 0 fully saturated rings. The van der Waals surface area contributed by atoms with Crippen LogP contribution in [0.4, 0.5) is 0 Å². The van der Waals surface area contributed by atoms with Crippen molar-refractivity contribution >= 4 is 18.5 Å². The van der Waals surface area contributed by atoms with E-state index in [-0.39, 0.29) is 23.3 Å². The van der Waals surface area contributed by atoms with Crippen LogP contribution in [0.5, 0.6) is 11.6 Å². The van der Waals surface area contributed by atoms with Gasteiger partial charge in [-0.3, -0.25) is 9.36 Å². The third kappa shape index (κ3) is 1.87. The molecule has 0 spiro atoms. The van der Waals surface area contributed by atoms with Gasteiger partial charge in [0.1, 0.15) is 5.75 Å². The highest BCUT2D eigenvalue weighted by atomic mass is 32.1. The molecule has 1 rings (SSSR count). The van der Waals surface area contributed by atoms with Crippen LogP contribution < -0.4 is 0 Å². The third-order valence-electron chi connectivity index (χ3n) is 2.12. The Kier molecular flexibility index (Phi) is 3.47. The van der Waals surface area contributed by atoms with E-state index in [0.29, 0.717) is 17.7 Å². The Labute approximate surface area is 93.3 Å². The van der Waals surface area contributed by atoms with Crippen molar-refractivity contribution in [3.8, 4) is 11.6 Å². The number of aromatic nitrogens is 1. The molecule has 0 atom stereocenters. The van der Waals surface area contributed by atoms with Gasteiger partial charge in [-0.15, -0.1) is 6.58 Å². The van der Waals surface area contributed by atoms with Crippen LogP contribution in [-0.2, 0) is 12.2 Å². The second kappa shape index (κ2) is 4.44. The summed E-state index contributed by atoms with van der Waals surface area (Å²) in [6.07, 6.45) is 1.85. The van der Waals surface area contributed by atoms with Crippen LogP contribution >= 0.6 is 12.6 Å². The van der Waals surface area contributed by atoms with Gasteiger partial charge in [-0.1, -0.05) is 6.08 Å². The quantitative estimate of drug-likeness (QED) is 0.544. The number of carbonyl (C=O) groups excluding carboxylic acids is 1. The number of thiol groups is 1. The molecule has 0 aliphatic carbocycles. The Bertz CT molecular complexity index is 409. The number of allylic oxidation sites excluding steroid dienone is 1. The molecule has 0 aromatic carbocycles. The highest BCUT2D eigenvalue weighted by Gasteiger charge is 2.22. The van der Waals surface area contributed by atoms with Gasteiger partial charge in [0.15, 0.2) is 0 Å². The summed E-state index contributed by atoms with van der Waals surface area (Å²) in [4.78, 5) is 11.2. The number of carbonyl (C=O) groups is 1. The maximum absolute atomic E-state index is 11.2. The van der Waals surface area contributed by atoms with Gasteiger partial charge >= 0.3 is 0 Å². The molecule has 15 heavy (non-hydrogen) atoms. The van der Waals surface area contributed by atoms with Gasteiger partial charge in [0.05, 0.1) is 11.3 Å². The molecule has 0 saturated heterocycles. The minimum Gasteiger partial charge on any atom is -0.506 e. The van der Waals surface area contributed by atoms with Crippen molar-refractivity contribution < 1.29 is 15.0 Å². The average molecular weight is 227 g/mol. The SMILES string of the molecule is C=CCc1c(O)c(CS)n(C(C)=O)c1O. The molecule has 0 unspecified atom stereocenters. The van der Waals surface area contributed by atoms with Crippen LogP contribution in [0.25, 0.3) is 0 Å². The summed E-state index contributed by atoms with van der Waals surface area (Å²) in [6, 6.07) is 0. The van der Waals surface area contributed by atoms with E-state index in [4.69, 9.17) is 0 Å². The second-order valence-corrected chi connectivity index (χ2v) is 3.42. The van der Waals surface area contributed by atoms with Crippen LogP contribution in [0.3, 0.4) is 0 Å². The fourth-order valence-corrected chi connectivity index (χ4v) is 1.76. The van der Waals surface area contributed by atoms with Crippen LogP contribution in [0.15, 0.2) is 12.7 Å². The lowest BCUT2D eigenvalue weighted by Crippen LogP contribution is -2.08. The summed E-state index contributed by atoms with van der Waals surface area (Å²) in [5, 5.41) is 19.5. The topological polar surface area (TPSA) is 62.5 Å². The second-order valence-electron chi connectivity index (χ2n) is 3.10. The summed E-state index contributed by atoms with van der Waals surface area (Å²) in [5.41, 5.74) is 0.615. The zero-order chi connectivity index (χ0) is 11.6. The summed E-state index contributed by atoms with van der Waals surface area (Å²) >= 11 is 4.00. The molecule has 5 heteroatoms. The Morgan fingerprint density at radius 2 is 2.20 bits per heavy atom. The largest absolute Gasteiger partial charge is 0.506 e. The number of aromatic hydroxyl groups is 2. The summed E-state index contributed by atoms with van der Waals surface area (Å²) in [6.45, 7) is 4.82. The van der Waals surface area contributed by atoms with Crippen molar-refractivity contribution in [3.05, 3.63) is 23.9 Å². The van der Waals surface area contributed by atoms with E-state index in [1.807, 2.05) is 0 Å². The van der Waals surface area contributed by atoms with E-state index in [0.717, 1.165) is 4.57 Å². The summed E-state index contributed by atoms with van der Waals surface area (Å²) in [7, 11) is 0. The molecule has 0 bridgehead atoms. The van der Waals surface area contributed by atoms with Gasteiger partial charge in [-0.25, -0.2) is 0 Å². The van der Waals surface area contributed by atoms with E-state index >= 15 is 0 Å². The Balaban J connectivity index is 3.44. The first kappa shape index (κ1) is 11.7. The molecule has 1 aromatic rings. The molecule has 0 amide bonds. The average Bonchev–Trinajstić information content (AvgIpc) is 2.41. The lowest BCUT2D eigenvalue weighted by Gasteiger charge is -2.02. The monoisotopic (exact) mass is 227 g/mol. The van der Waals surface area contributed by atoms with Crippen LogP contribution in [0, 0.1) is 0 Å². The van der Waals surface area contributed by atoms with Crippen LogP contribution in [-0.4, -0.2) is 20.7 Å². The first-order valence-electron chi connectivity index (χ1n) is 4.41. The highest BCUT2D eigenvalue weighted by Crippen LogP contribution is 2.35. The van der Waals surface area contributed by atoms with Gasteiger partial charge < -0.3 is 10.2 Å². The molecule has 0 aliphatic rings. The lowest BCUT2D eigenvalue weighted by atomic mass is 10.2. The zero-order valence-corrected chi connectivity index (χ0v) is 9.29. The Hall–Kier alpha value is -1.36. The van der Waals surface area contributed by atoms with E-state index in [2.05, 4.69) is 19.2 Å². The smallest absolute Gasteiger partial charge is 0.230 e. The predicted molar refractivity (Wildman–Crippen MR) is 60.7 cm³/mol. The molecule has 4 nitrogen and oxygen atoms in total. The predicted octanol–water partition coefficient (Wildman–Crippen LogP) is 1.72. The van der Waals surface area contributed by atoms with Crippen molar-refractivity contribution in [2.24, 2.45) is 0 Å². The van der Waals surface area contributed by atoms with Gasteiger partial charge in [0, 0.05) is 12.7 Å². The molecule has 2 N–H and O–H groups in total. The van der Waals surface area contributed by atoms with E-state index in [1.165, 1.54) is 6.92 Å². The first-order chi connectivity index (χ1) is 7.04. The molecular weight excluding hydrogens is 214 g/mol. The zero-order valence-electron chi connectivity index (χ0n) is 8.40. The summed E-state index contributed by atoms with van der Waals surface area (Å²) in [5.74, 6) is -0.500. The normalized spacial score (nSPS) is 10.3. The first-order valence-corrected chi connectivity index (χ1v) is 5.04. The lowest BCUT2D eigenvalue weighted by molar-refractivity contribution is 0.0924. The Morgan fingerprint density at radius 3 is 2.53 bits per heavy atom.